The van der Waals surface area contributed by atoms with Gasteiger partial charge in [-0.05, 0) is 36.5 Å². The number of carbonyl (C=O) groups is 1. The molecule has 4 rings (SSSR count). The molecule has 2 heterocycles. The molecule has 0 aliphatic heterocycles. The van der Waals surface area contributed by atoms with Gasteiger partial charge < -0.3 is 5.32 Å². The highest BCUT2D eigenvalue weighted by molar-refractivity contribution is 8.01. The summed E-state index contributed by atoms with van der Waals surface area (Å²) in [6.07, 6.45) is 0. The number of anilines is 1. The Morgan fingerprint density at radius 3 is 2.69 bits per heavy atom. The van der Waals surface area contributed by atoms with Gasteiger partial charge in [-0.1, -0.05) is 65.0 Å². The van der Waals surface area contributed by atoms with E-state index in [1.165, 1.54) is 34.4 Å². The van der Waals surface area contributed by atoms with Crippen molar-refractivity contribution in [1.29, 1.82) is 0 Å². The third-order valence-corrected chi connectivity index (χ3v) is 7.12. The van der Waals surface area contributed by atoms with Gasteiger partial charge in [0.2, 0.25) is 5.91 Å². The van der Waals surface area contributed by atoms with Crippen LogP contribution in [0.15, 0.2) is 64.3 Å². The van der Waals surface area contributed by atoms with E-state index in [9.17, 15) is 4.79 Å². The van der Waals surface area contributed by atoms with Crippen LogP contribution in [0.5, 0.6) is 0 Å². The van der Waals surface area contributed by atoms with Gasteiger partial charge in [0, 0.05) is 16.0 Å². The fourth-order valence-corrected chi connectivity index (χ4v) is 5.44. The summed E-state index contributed by atoms with van der Waals surface area (Å²) in [5, 5.41) is 10.5. The molecule has 146 valence electrons. The van der Waals surface area contributed by atoms with Crippen molar-refractivity contribution in [2.75, 3.05) is 11.1 Å². The Morgan fingerprint density at radius 2 is 1.93 bits per heavy atom. The maximum Gasteiger partial charge on any atom is 0.236 e. The number of para-hydroxylation sites is 1. The molecule has 0 radical (unpaired) electrons. The molecule has 0 fully saturated rings. The van der Waals surface area contributed by atoms with Crippen LogP contribution in [0.1, 0.15) is 0 Å². The molecule has 0 saturated carbocycles. The van der Waals surface area contributed by atoms with Crippen LogP contribution in [0, 0.1) is 3.95 Å². The Balaban J connectivity index is 1.36. The second-order valence-corrected chi connectivity index (χ2v) is 9.90. The van der Waals surface area contributed by atoms with E-state index in [1.54, 1.807) is 4.68 Å². The maximum absolute atomic E-state index is 12.3. The van der Waals surface area contributed by atoms with E-state index in [0.29, 0.717) is 14.1 Å². The van der Waals surface area contributed by atoms with Gasteiger partial charge in [0.15, 0.2) is 13.4 Å². The van der Waals surface area contributed by atoms with Gasteiger partial charge in [-0.3, -0.25) is 4.79 Å². The minimum absolute atomic E-state index is 0.139. The zero-order chi connectivity index (χ0) is 20.2. The van der Waals surface area contributed by atoms with Crippen LogP contribution >= 0.6 is 58.3 Å². The number of amides is 1. The lowest BCUT2D eigenvalue weighted by molar-refractivity contribution is -0.113. The fourth-order valence-electron chi connectivity index (χ4n) is 2.42. The number of carbonyl (C=O) groups excluding carboxylic acids is 1. The predicted molar refractivity (Wildman–Crippen MR) is 124 cm³/mol. The van der Waals surface area contributed by atoms with Crippen LogP contribution in [0.25, 0.3) is 16.9 Å². The van der Waals surface area contributed by atoms with Gasteiger partial charge in [0.25, 0.3) is 0 Å². The van der Waals surface area contributed by atoms with Gasteiger partial charge in [-0.15, -0.1) is 16.4 Å². The Hall–Kier alpha value is -2.04. The summed E-state index contributed by atoms with van der Waals surface area (Å²) < 4.78 is 3.10. The monoisotopic (exact) mass is 476 g/mol. The van der Waals surface area contributed by atoms with Crippen molar-refractivity contribution in [2.24, 2.45) is 0 Å². The van der Waals surface area contributed by atoms with Crippen LogP contribution in [0.3, 0.4) is 0 Å². The van der Waals surface area contributed by atoms with Gasteiger partial charge in [-0.25, -0.2) is 9.67 Å². The number of benzene rings is 2. The lowest BCUT2D eigenvalue weighted by atomic mass is 10.2. The first-order valence-corrected chi connectivity index (χ1v) is 11.8. The average Bonchev–Trinajstić information content (AvgIpc) is 3.34. The molecule has 10 heteroatoms. The fraction of sp³-hybridized carbons (Fsp3) is 0.0526. The number of aromatic nitrogens is 3. The third-order valence-electron chi connectivity index (χ3n) is 3.75. The quantitative estimate of drug-likeness (QED) is 0.266. The summed E-state index contributed by atoms with van der Waals surface area (Å²) in [6, 6.07) is 17.1. The standard InChI is InChI=1S/C19H13ClN4OS4/c20-13-8-6-12(7-9-13)15-10-27-17(21-15)22-16(25)11-28-18-23-24(19(26)29-18)14-4-2-1-3-5-14/h1-10H,11H2,(H,21,22,25). The number of rotatable bonds is 6. The van der Waals surface area contributed by atoms with Crippen LogP contribution in [-0.2, 0) is 4.79 Å². The van der Waals surface area contributed by atoms with Crippen molar-refractivity contribution in [3.05, 3.63) is 69.0 Å². The number of thiazole rings is 1. The molecule has 2 aromatic carbocycles. The third kappa shape index (κ3) is 5.12. The predicted octanol–water partition coefficient (Wildman–Crippen LogP) is 6.17. The molecule has 29 heavy (non-hydrogen) atoms. The number of nitrogens with one attached hydrogen (secondary N) is 1. The molecule has 4 aromatic rings. The van der Waals surface area contributed by atoms with Gasteiger partial charge in [0.1, 0.15) is 0 Å². The van der Waals surface area contributed by atoms with Crippen LogP contribution in [0.2, 0.25) is 5.02 Å². The van der Waals surface area contributed by atoms with Gasteiger partial charge >= 0.3 is 0 Å². The van der Waals surface area contributed by atoms with Gasteiger partial charge in [0.05, 0.1) is 17.1 Å². The van der Waals surface area contributed by atoms with E-state index in [4.69, 9.17) is 23.8 Å². The minimum atomic E-state index is -0.139. The lowest BCUT2D eigenvalue weighted by Gasteiger charge is -2.00. The molecule has 5 nitrogen and oxygen atoms in total. The molecule has 2 aromatic heterocycles. The first kappa shape index (κ1) is 20.2. The Morgan fingerprint density at radius 1 is 1.17 bits per heavy atom. The van der Waals surface area contributed by atoms with E-state index in [0.717, 1.165) is 21.3 Å². The summed E-state index contributed by atoms with van der Waals surface area (Å²) in [5.74, 6) is 0.0896. The Labute approximate surface area is 189 Å². The number of halogens is 1. The highest BCUT2D eigenvalue weighted by atomic mass is 35.5. The van der Waals surface area contributed by atoms with Crippen LogP contribution < -0.4 is 5.32 Å². The number of hydrogen-bond donors (Lipinski definition) is 1. The van der Waals surface area contributed by atoms with Crippen molar-refractivity contribution >= 4 is 69.3 Å². The summed E-state index contributed by atoms with van der Waals surface area (Å²) in [4.78, 5) is 16.8. The Kier molecular flexibility index (Phi) is 6.41. The Bertz CT molecular complexity index is 1180. The highest BCUT2D eigenvalue weighted by Gasteiger charge is 2.11. The highest BCUT2D eigenvalue weighted by Crippen LogP contribution is 2.27. The number of thioether (sulfide) groups is 1. The second kappa shape index (κ2) is 9.19. The van der Waals surface area contributed by atoms with E-state index < -0.39 is 0 Å². The summed E-state index contributed by atoms with van der Waals surface area (Å²) in [5.41, 5.74) is 2.66. The largest absolute Gasteiger partial charge is 0.301 e. The van der Waals surface area contributed by atoms with Crippen molar-refractivity contribution in [1.82, 2.24) is 14.8 Å². The molecule has 0 saturated heterocycles. The molecule has 1 N–H and O–H groups in total. The van der Waals surface area contributed by atoms with Crippen molar-refractivity contribution in [3.8, 4) is 16.9 Å². The first-order chi connectivity index (χ1) is 14.1. The molecular weight excluding hydrogens is 464 g/mol. The van der Waals surface area contributed by atoms with Crippen LogP contribution in [-0.4, -0.2) is 26.4 Å². The van der Waals surface area contributed by atoms with Crippen molar-refractivity contribution in [2.45, 2.75) is 4.34 Å². The van der Waals surface area contributed by atoms with Crippen molar-refractivity contribution < 1.29 is 4.79 Å². The lowest BCUT2D eigenvalue weighted by Crippen LogP contribution is -2.13. The van der Waals surface area contributed by atoms with Crippen LogP contribution in [0.4, 0.5) is 5.13 Å². The average molecular weight is 477 g/mol. The SMILES string of the molecule is O=C(CSc1nn(-c2ccccc2)c(=S)s1)Nc1nc(-c2ccc(Cl)cc2)cs1. The van der Waals surface area contributed by atoms with E-state index >= 15 is 0 Å². The zero-order valence-electron chi connectivity index (χ0n) is 14.7. The number of hydrogen-bond acceptors (Lipinski definition) is 7. The molecule has 1 amide bonds. The topological polar surface area (TPSA) is 59.8 Å². The van der Waals surface area contributed by atoms with E-state index in [2.05, 4.69) is 15.4 Å². The molecule has 0 spiro atoms. The summed E-state index contributed by atoms with van der Waals surface area (Å²) in [6.45, 7) is 0. The van der Waals surface area contributed by atoms with Crippen molar-refractivity contribution in [3.63, 3.8) is 0 Å². The molecule has 0 aliphatic rings. The molecule has 0 aliphatic carbocycles. The maximum atomic E-state index is 12.3. The normalized spacial score (nSPS) is 10.8. The second-order valence-electron chi connectivity index (χ2n) is 5.76. The summed E-state index contributed by atoms with van der Waals surface area (Å²) in [7, 11) is 0. The minimum Gasteiger partial charge on any atom is -0.301 e. The molecule has 0 atom stereocenters. The van der Waals surface area contributed by atoms with Gasteiger partial charge in [-0.2, -0.15) is 0 Å². The number of nitrogens with zero attached hydrogens (tertiary/aromatic N) is 3. The smallest absolute Gasteiger partial charge is 0.236 e. The van der Waals surface area contributed by atoms with E-state index in [-0.39, 0.29) is 11.7 Å². The van der Waals surface area contributed by atoms with E-state index in [1.807, 2.05) is 60.0 Å². The molecule has 0 unspecified atom stereocenters. The molecule has 0 bridgehead atoms. The summed E-state index contributed by atoms with van der Waals surface area (Å²) >= 11 is 15.4. The molecular formula is C19H13ClN4OS4. The first-order valence-electron chi connectivity index (χ1n) is 8.38. The zero-order valence-corrected chi connectivity index (χ0v) is 18.8.